The summed E-state index contributed by atoms with van der Waals surface area (Å²) in [4.78, 5) is 16.0. The van der Waals surface area contributed by atoms with E-state index in [-0.39, 0.29) is 11.9 Å². The lowest BCUT2D eigenvalue weighted by Crippen LogP contribution is -2.34. The van der Waals surface area contributed by atoms with Crippen molar-refractivity contribution < 1.29 is 14.3 Å². The van der Waals surface area contributed by atoms with Crippen molar-refractivity contribution in [3.8, 4) is 0 Å². The molecule has 1 N–H and O–H groups in total. The molecule has 0 bridgehead atoms. The van der Waals surface area contributed by atoms with Crippen LogP contribution in [0.2, 0.25) is 0 Å². The lowest BCUT2D eigenvalue weighted by molar-refractivity contribution is -0.782. The van der Waals surface area contributed by atoms with Crippen molar-refractivity contribution in [1.29, 1.82) is 0 Å². The van der Waals surface area contributed by atoms with Crippen molar-refractivity contribution in [3.05, 3.63) is 50.9 Å². The minimum atomic E-state index is -0.210. The molecule has 1 unspecified atom stereocenters. The molecular weight excluding hydrogens is 328 g/mol. The van der Waals surface area contributed by atoms with Gasteiger partial charge in [0.15, 0.2) is 0 Å². The molecule has 0 aliphatic rings. The minimum absolute atomic E-state index is 0.105. The monoisotopic (exact) mass is 346 g/mol. The molecule has 2 heterocycles. The average Bonchev–Trinajstić information content (AvgIpc) is 3.13. The molecular formula is C16H18N4O3S. The van der Waals surface area contributed by atoms with Crippen LogP contribution in [0.1, 0.15) is 26.8 Å². The zero-order valence-electron chi connectivity index (χ0n) is 13.6. The number of fused-ring (bicyclic) bond motifs is 1. The molecule has 1 atom stereocenters. The number of likely N-dealkylation sites (N-methyl/N-ethyl adjacent to an activating group) is 1. The predicted octanol–water partition coefficient (Wildman–Crippen LogP) is 1.86. The number of carbonyl (C=O) groups is 1. The fraction of sp³-hybridized carbons (Fsp3) is 0.312. The van der Waals surface area contributed by atoms with Crippen LogP contribution < -0.4 is 10.2 Å². The van der Waals surface area contributed by atoms with E-state index in [4.69, 9.17) is 0 Å². The molecule has 0 saturated carbocycles. The SMILES string of the molecule is Cc1ccsc1C(CNC(=O)c1ccc2c(c1)no[n+]2[O-])N(C)C. The molecule has 0 aliphatic carbocycles. The van der Waals surface area contributed by atoms with Crippen molar-refractivity contribution in [3.63, 3.8) is 0 Å². The second kappa shape index (κ2) is 6.58. The van der Waals surface area contributed by atoms with E-state index < -0.39 is 0 Å². The van der Waals surface area contributed by atoms with Gasteiger partial charge in [-0.15, -0.1) is 11.3 Å². The molecule has 8 heteroatoms. The van der Waals surface area contributed by atoms with Crippen molar-refractivity contribution in [1.82, 2.24) is 15.4 Å². The Kier molecular flexibility index (Phi) is 4.50. The second-order valence-corrected chi connectivity index (χ2v) is 6.74. The molecule has 1 aromatic carbocycles. The first-order chi connectivity index (χ1) is 11.5. The number of nitrogens with zero attached hydrogens (tertiary/aromatic N) is 3. The Morgan fingerprint density at radius 2 is 2.25 bits per heavy atom. The number of carbonyl (C=O) groups excluding carboxylic acids is 1. The van der Waals surface area contributed by atoms with Gasteiger partial charge < -0.3 is 15.4 Å². The number of aryl methyl sites for hydroxylation is 1. The van der Waals surface area contributed by atoms with Crippen LogP contribution in [-0.4, -0.2) is 36.6 Å². The van der Waals surface area contributed by atoms with Gasteiger partial charge in [-0.1, -0.05) is 0 Å². The van der Waals surface area contributed by atoms with Crippen molar-refractivity contribution >= 4 is 28.3 Å². The number of hydrogen-bond acceptors (Lipinski definition) is 6. The van der Waals surface area contributed by atoms with Crippen molar-refractivity contribution in [2.45, 2.75) is 13.0 Å². The molecule has 0 aliphatic heterocycles. The highest BCUT2D eigenvalue weighted by Crippen LogP contribution is 2.26. The molecule has 0 fully saturated rings. The fourth-order valence-electron chi connectivity index (χ4n) is 2.54. The first-order valence-electron chi connectivity index (χ1n) is 7.45. The highest BCUT2D eigenvalue weighted by atomic mass is 32.1. The Morgan fingerprint density at radius 3 is 2.92 bits per heavy atom. The van der Waals surface area contributed by atoms with Gasteiger partial charge >= 0.3 is 0 Å². The third kappa shape index (κ3) is 3.10. The Bertz CT molecular complexity index is 871. The number of amides is 1. The Balaban J connectivity index is 1.74. The smallest absolute Gasteiger partial charge is 0.251 e. The quantitative estimate of drug-likeness (QED) is 0.713. The fourth-order valence-corrected chi connectivity index (χ4v) is 3.67. The molecule has 126 valence electrons. The third-order valence-electron chi connectivity index (χ3n) is 3.93. The maximum Gasteiger partial charge on any atom is 0.251 e. The maximum atomic E-state index is 12.4. The normalized spacial score (nSPS) is 12.7. The molecule has 0 radical (unpaired) electrons. The summed E-state index contributed by atoms with van der Waals surface area (Å²) in [5, 5.41) is 19.9. The van der Waals surface area contributed by atoms with E-state index in [9.17, 15) is 10.0 Å². The van der Waals surface area contributed by atoms with Gasteiger partial charge in [-0.3, -0.25) is 9.42 Å². The van der Waals surface area contributed by atoms with Gasteiger partial charge in [0.05, 0.1) is 6.04 Å². The number of rotatable bonds is 5. The topological polar surface area (TPSA) is 85.3 Å². The summed E-state index contributed by atoms with van der Waals surface area (Å²) in [5.41, 5.74) is 2.32. The summed E-state index contributed by atoms with van der Waals surface area (Å²) >= 11 is 1.69. The number of thiophene rings is 1. The van der Waals surface area contributed by atoms with Gasteiger partial charge in [-0.2, -0.15) is 0 Å². The van der Waals surface area contributed by atoms with Crippen LogP contribution in [0.25, 0.3) is 11.0 Å². The molecule has 7 nitrogen and oxygen atoms in total. The largest absolute Gasteiger partial charge is 0.359 e. The summed E-state index contributed by atoms with van der Waals surface area (Å²) in [6.07, 6.45) is 0. The van der Waals surface area contributed by atoms with E-state index >= 15 is 0 Å². The summed E-state index contributed by atoms with van der Waals surface area (Å²) in [6, 6.07) is 6.84. The van der Waals surface area contributed by atoms with Crippen LogP contribution in [0.15, 0.2) is 34.3 Å². The lowest BCUT2D eigenvalue weighted by Gasteiger charge is -2.24. The van der Waals surface area contributed by atoms with E-state index in [0.29, 0.717) is 28.0 Å². The minimum Gasteiger partial charge on any atom is -0.359 e. The number of hydrogen-bond donors (Lipinski definition) is 1. The number of aromatic nitrogens is 2. The van der Waals surface area contributed by atoms with Crippen LogP contribution in [0.4, 0.5) is 0 Å². The maximum absolute atomic E-state index is 12.4. The second-order valence-electron chi connectivity index (χ2n) is 5.79. The number of nitrogens with one attached hydrogen (secondary N) is 1. The van der Waals surface area contributed by atoms with Gasteiger partial charge in [0.25, 0.3) is 5.91 Å². The molecule has 2 aromatic heterocycles. The van der Waals surface area contributed by atoms with E-state index in [0.717, 1.165) is 0 Å². The van der Waals surface area contributed by atoms with Gasteiger partial charge in [0.1, 0.15) is 0 Å². The van der Waals surface area contributed by atoms with Gasteiger partial charge in [0.2, 0.25) is 11.0 Å². The lowest BCUT2D eigenvalue weighted by atomic mass is 10.1. The van der Waals surface area contributed by atoms with Gasteiger partial charge in [-0.05, 0) is 55.1 Å². The zero-order chi connectivity index (χ0) is 17.3. The molecule has 0 saturated heterocycles. The molecule has 3 aromatic rings. The van der Waals surface area contributed by atoms with Crippen LogP contribution >= 0.6 is 11.3 Å². The Morgan fingerprint density at radius 1 is 1.46 bits per heavy atom. The van der Waals surface area contributed by atoms with E-state index in [2.05, 4.69) is 38.4 Å². The summed E-state index contributed by atoms with van der Waals surface area (Å²) in [5.74, 6) is -0.210. The summed E-state index contributed by atoms with van der Waals surface area (Å²) in [6.45, 7) is 2.56. The highest BCUT2D eigenvalue weighted by Gasteiger charge is 2.20. The van der Waals surface area contributed by atoms with Crippen LogP contribution in [0.3, 0.4) is 0 Å². The number of benzene rings is 1. The van der Waals surface area contributed by atoms with E-state index in [1.807, 2.05) is 14.1 Å². The van der Waals surface area contributed by atoms with Gasteiger partial charge in [-0.25, -0.2) is 0 Å². The molecule has 24 heavy (non-hydrogen) atoms. The Labute approximate surface area is 143 Å². The van der Waals surface area contributed by atoms with E-state index in [1.165, 1.54) is 16.5 Å². The van der Waals surface area contributed by atoms with Crippen LogP contribution in [-0.2, 0) is 0 Å². The highest BCUT2D eigenvalue weighted by molar-refractivity contribution is 7.10. The summed E-state index contributed by atoms with van der Waals surface area (Å²) in [7, 11) is 3.98. The van der Waals surface area contributed by atoms with Crippen LogP contribution in [0, 0.1) is 12.1 Å². The van der Waals surface area contributed by atoms with E-state index in [1.54, 1.807) is 23.5 Å². The van der Waals surface area contributed by atoms with Crippen molar-refractivity contribution in [2.75, 3.05) is 20.6 Å². The van der Waals surface area contributed by atoms with Crippen LogP contribution in [0.5, 0.6) is 0 Å². The first kappa shape index (κ1) is 16.4. The Hall–Kier alpha value is -2.45. The molecule has 1 amide bonds. The molecule has 3 rings (SSSR count). The van der Waals surface area contributed by atoms with Crippen molar-refractivity contribution in [2.24, 2.45) is 0 Å². The predicted molar refractivity (Wildman–Crippen MR) is 90.8 cm³/mol. The molecule has 0 spiro atoms. The zero-order valence-corrected chi connectivity index (χ0v) is 14.5. The standard InChI is InChI=1S/C16H18N4O3S/c1-10-6-7-24-15(10)14(19(2)3)9-17-16(21)11-4-5-13-12(8-11)18-23-20(13)22/h4-8,14H,9H2,1-3H3,(H,17,21). The third-order valence-corrected chi connectivity index (χ3v) is 5.05. The average molecular weight is 346 g/mol. The summed E-state index contributed by atoms with van der Waals surface area (Å²) < 4.78 is 4.52. The van der Waals surface area contributed by atoms with Gasteiger partial charge in [0, 0.05) is 28.2 Å². The first-order valence-corrected chi connectivity index (χ1v) is 8.33.